The topological polar surface area (TPSA) is 81.8 Å². The Morgan fingerprint density at radius 3 is 2.31 bits per heavy atom. The highest BCUT2D eigenvalue weighted by Gasteiger charge is 2.23. The second-order valence-electron chi connectivity index (χ2n) is 7.96. The Kier molecular flexibility index (Phi) is 5.90. The molecule has 2 heterocycles. The SMILES string of the molecule is CCc1ccc(CNC(=O)[C@@H](C)n2nc(C)c3c(C)n(-c4ccccc4)nc3c2=O)cc1. The number of aryl methyl sites for hydroxylation is 3. The number of fused-ring (bicyclic) bond motifs is 1. The van der Waals surface area contributed by atoms with E-state index in [9.17, 15) is 9.59 Å². The van der Waals surface area contributed by atoms with Crippen LogP contribution < -0.4 is 10.9 Å². The molecular formula is C25H27N5O2. The van der Waals surface area contributed by atoms with E-state index in [-0.39, 0.29) is 11.5 Å². The fourth-order valence-electron chi connectivity index (χ4n) is 3.87. The van der Waals surface area contributed by atoms with Gasteiger partial charge in [0.25, 0.3) is 5.56 Å². The average molecular weight is 430 g/mol. The van der Waals surface area contributed by atoms with E-state index in [1.165, 1.54) is 10.2 Å². The van der Waals surface area contributed by atoms with Gasteiger partial charge >= 0.3 is 0 Å². The van der Waals surface area contributed by atoms with Crippen molar-refractivity contribution in [3.63, 3.8) is 0 Å². The van der Waals surface area contributed by atoms with Crippen molar-refractivity contribution < 1.29 is 4.79 Å². The Hall–Kier alpha value is -3.74. The number of benzene rings is 2. The summed E-state index contributed by atoms with van der Waals surface area (Å²) in [6.45, 7) is 7.93. The molecule has 4 aromatic rings. The fourth-order valence-corrected chi connectivity index (χ4v) is 3.87. The molecule has 1 atom stereocenters. The number of para-hydroxylation sites is 1. The molecule has 0 bridgehead atoms. The Balaban J connectivity index is 1.62. The van der Waals surface area contributed by atoms with Gasteiger partial charge in [0.2, 0.25) is 5.91 Å². The van der Waals surface area contributed by atoms with Crippen LogP contribution in [0.5, 0.6) is 0 Å². The van der Waals surface area contributed by atoms with E-state index in [1.807, 2.05) is 56.3 Å². The van der Waals surface area contributed by atoms with E-state index in [0.717, 1.165) is 28.8 Å². The van der Waals surface area contributed by atoms with Gasteiger partial charge in [-0.3, -0.25) is 9.59 Å². The van der Waals surface area contributed by atoms with Gasteiger partial charge in [0.15, 0.2) is 5.52 Å². The molecule has 1 amide bonds. The summed E-state index contributed by atoms with van der Waals surface area (Å²) in [7, 11) is 0. The van der Waals surface area contributed by atoms with E-state index in [4.69, 9.17) is 0 Å². The van der Waals surface area contributed by atoms with Crippen LogP contribution in [-0.4, -0.2) is 25.5 Å². The summed E-state index contributed by atoms with van der Waals surface area (Å²) in [5, 5.41) is 12.7. The Bertz CT molecular complexity index is 1320. The molecule has 0 saturated heterocycles. The first kappa shape index (κ1) is 21.5. The van der Waals surface area contributed by atoms with Crippen LogP contribution in [0.2, 0.25) is 0 Å². The summed E-state index contributed by atoms with van der Waals surface area (Å²) < 4.78 is 2.98. The molecule has 32 heavy (non-hydrogen) atoms. The number of carbonyl (C=O) groups excluding carboxylic acids is 1. The summed E-state index contributed by atoms with van der Waals surface area (Å²) in [5.41, 5.74) is 4.56. The van der Waals surface area contributed by atoms with Crippen molar-refractivity contribution in [2.75, 3.05) is 0 Å². The predicted molar refractivity (Wildman–Crippen MR) is 125 cm³/mol. The van der Waals surface area contributed by atoms with Gasteiger partial charge in [0.1, 0.15) is 6.04 Å². The molecule has 0 aliphatic heterocycles. The third-order valence-electron chi connectivity index (χ3n) is 5.79. The van der Waals surface area contributed by atoms with Crippen LogP contribution in [0.1, 0.15) is 42.4 Å². The first-order valence-electron chi connectivity index (χ1n) is 10.8. The third-order valence-corrected chi connectivity index (χ3v) is 5.79. The van der Waals surface area contributed by atoms with Crippen molar-refractivity contribution in [1.82, 2.24) is 24.9 Å². The molecule has 0 unspecified atom stereocenters. The van der Waals surface area contributed by atoms with Crippen molar-refractivity contribution >= 4 is 16.8 Å². The third kappa shape index (κ3) is 3.93. The van der Waals surface area contributed by atoms with E-state index >= 15 is 0 Å². The van der Waals surface area contributed by atoms with E-state index in [0.29, 0.717) is 17.8 Å². The van der Waals surface area contributed by atoms with Crippen molar-refractivity contribution in [3.05, 3.63) is 87.5 Å². The first-order valence-corrected chi connectivity index (χ1v) is 10.8. The molecule has 0 fully saturated rings. The highest BCUT2D eigenvalue weighted by Crippen LogP contribution is 2.21. The van der Waals surface area contributed by atoms with Gasteiger partial charge < -0.3 is 5.32 Å². The number of aromatic nitrogens is 4. The van der Waals surface area contributed by atoms with Crippen LogP contribution in [0, 0.1) is 13.8 Å². The summed E-state index contributed by atoms with van der Waals surface area (Å²) >= 11 is 0. The number of nitrogens with one attached hydrogen (secondary N) is 1. The molecule has 2 aromatic carbocycles. The number of hydrogen-bond acceptors (Lipinski definition) is 4. The molecular weight excluding hydrogens is 402 g/mol. The lowest BCUT2D eigenvalue weighted by atomic mass is 10.1. The maximum atomic E-state index is 13.2. The van der Waals surface area contributed by atoms with Gasteiger partial charge in [0.05, 0.1) is 22.5 Å². The number of amides is 1. The lowest BCUT2D eigenvalue weighted by Crippen LogP contribution is -2.37. The highest BCUT2D eigenvalue weighted by atomic mass is 16.2. The maximum Gasteiger partial charge on any atom is 0.295 e. The van der Waals surface area contributed by atoms with Crippen LogP contribution in [-0.2, 0) is 17.8 Å². The Morgan fingerprint density at radius 2 is 1.66 bits per heavy atom. The number of nitrogens with zero attached hydrogens (tertiary/aromatic N) is 4. The van der Waals surface area contributed by atoms with Crippen LogP contribution >= 0.6 is 0 Å². The summed E-state index contributed by atoms with van der Waals surface area (Å²) in [6, 6.07) is 17.0. The van der Waals surface area contributed by atoms with Crippen molar-refractivity contribution in [3.8, 4) is 5.69 Å². The quantitative estimate of drug-likeness (QED) is 0.507. The minimum Gasteiger partial charge on any atom is -0.350 e. The summed E-state index contributed by atoms with van der Waals surface area (Å²) in [4.78, 5) is 26.0. The number of rotatable bonds is 6. The first-order chi connectivity index (χ1) is 15.4. The van der Waals surface area contributed by atoms with E-state index in [2.05, 4.69) is 34.6 Å². The van der Waals surface area contributed by atoms with Gasteiger partial charge in [-0.15, -0.1) is 0 Å². The second kappa shape index (κ2) is 8.78. The molecule has 4 rings (SSSR count). The lowest BCUT2D eigenvalue weighted by molar-refractivity contribution is -0.124. The average Bonchev–Trinajstić information content (AvgIpc) is 3.18. The number of carbonyl (C=O) groups is 1. The lowest BCUT2D eigenvalue weighted by Gasteiger charge is -2.15. The normalized spacial score (nSPS) is 12.1. The molecule has 2 aromatic heterocycles. The molecule has 7 heteroatoms. The zero-order chi connectivity index (χ0) is 22.8. The van der Waals surface area contributed by atoms with Crippen molar-refractivity contribution in [2.45, 2.75) is 46.7 Å². The zero-order valence-electron chi connectivity index (χ0n) is 18.8. The minimum atomic E-state index is -0.761. The molecule has 0 saturated carbocycles. The zero-order valence-corrected chi connectivity index (χ0v) is 18.8. The molecule has 7 nitrogen and oxygen atoms in total. The monoisotopic (exact) mass is 429 g/mol. The summed E-state index contributed by atoms with van der Waals surface area (Å²) in [6.07, 6.45) is 0.972. The minimum absolute atomic E-state index is 0.267. The van der Waals surface area contributed by atoms with Gasteiger partial charge in [-0.1, -0.05) is 49.4 Å². The maximum absolute atomic E-state index is 13.2. The van der Waals surface area contributed by atoms with Crippen LogP contribution in [0.3, 0.4) is 0 Å². The second-order valence-corrected chi connectivity index (χ2v) is 7.96. The molecule has 0 aliphatic rings. The highest BCUT2D eigenvalue weighted by molar-refractivity contribution is 5.84. The molecule has 164 valence electrons. The smallest absolute Gasteiger partial charge is 0.295 e. The van der Waals surface area contributed by atoms with Gasteiger partial charge in [-0.25, -0.2) is 9.36 Å². The van der Waals surface area contributed by atoms with Gasteiger partial charge in [-0.2, -0.15) is 10.2 Å². The molecule has 0 spiro atoms. The van der Waals surface area contributed by atoms with E-state index < -0.39 is 6.04 Å². The van der Waals surface area contributed by atoms with Crippen LogP contribution in [0.4, 0.5) is 0 Å². The largest absolute Gasteiger partial charge is 0.350 e. The van der Waals surface area contributed by atoms with Gasteiger partial charge in [0, 0.05) is 6.54 Å². The summed E-state index contributed by atoms with van der Waals surface area (Å²) in [5.74, 6) is -0.267. The van der Waals surface area contributed by atoms with Crippen LogP contribution in [0.15, 0.2) is 59.4 Å². The molecule has 1 N–H and O–H groups in total. The van der Waals surface area contributed by atoms with Crippen molar-refractivity contribution in [2.24, 2.45) is 0 Å². The van der Waals surface area contributed by atoms with E-state index in [1.54, 1.807) is 11.6 Å². The fraction of sp³-hybridized carbons (Fsp3) is 0.280. The molecule has 0 aliphatic carbocycles. The number of hydrogen-bond donors (Lipinski definition) is 1. The van der Waals surface area contributed by atoms with Crippen molar-refractivity contribution in [1.29, 1.82) is 0 Å². The van der Waals surface area contributed by atoms with Gasteiger partial charge in [-0.05, 0) is 50.5 Å². The van der Waals surface area contributed by atoms with Crippen LogP contribution in [0.25, 0.3) is 16.6 Å². The predicted octanol–water partition coefficient (Wildman–Crippen LogP) is 3.64. The Morgan fingerprint density at radius 1 is 1.00 bits per heavy atom. The standard InChI is InChI=1S/C25H27N5O2/c1-5-19-11-13-20(14-12-19)15-26-24(31)18(4)30-25(32)23-22(16(2)27-30)17(3)29(28-23)21-9-7-6-8-10-21/h6-14,18H,5,15H2,1-4H3,(H,26,31)/t18-/m1/s1. The Labute approximate surface area is 186 Å². The molecule has 0 radical (unpaired) electrons.